The Balaban J connectivity index is 2.12. The molecule has 0 saturated carbocycles. The zero-order valence-corrected chi connectivity index (χ0v) is 15.3. The summed E-state index contributed by atoms with van der Waals surface area (Å²) >= 11 is 5.51. The van der Waals surface area contributed by atoms with E-state index in [-0.39, 0.29) is 0 Å². The molecule has 1 saturated heterocycles. The number of hydrogen-bond acceptors (Lipinski definition) is 3. The Morgan fingerprint density at radius 1 is 1.35 bits per heavy atom. The van der Waals surface area contributed by atoms with Crippen molar-refractivity contribution in [2.24, 2.45) is 11.8 Å². The highest BCUT2D eigenvalue weighted by Gasteiger charge is 2.41. The first kappa shape index (κ1) is 16.5. The maximum Gasteiger partial charge on any atom is 0.0597 e. The van der Waals surface area contributed by atoms with Gasteiger partial charge in [0.2, 0.25) is 0 Å². The lowest BCUT2D eigenvalue weighted by atomic mass is 9.82. The molecule has 1 aromatic rings. The van der Waals surface area contributed by atoms with Crippen molar-refractivity contribution in [3.05, 3.63) is 20.8 Å². The molecule has 1 N–H and O–H groups in total. The monoisotopic (exact) mass is 359 g/mol. The Hall–Kier alpha value is 0.1000. The topological polar surface area (TPSA) is 21.3 Å². The van der Waals surface area contributed by atoms with Gasteiger partial charge in [-0.25, -0.2) is 0 Å². The van der Waals surface area contributed by atoms with Gasteiger partial charge in [0.1, 0.15) is 0 Å². The first-order valence-electron chi connectivity index (χ1n) is 7.65. The fraction of sp³-hybridized carbons (Fsp3) is 0.750. The van der Waals surface area contributed by atoms with Gasteiger partial charge in [-0.3, -0.25) is 0 Å². The van der Waals surface area contributed by atoms with Gasteiger partial charge >= 0.3 is 0 Å². The molecule has 0 amide bonds. The summed E-state index contributed by atoms with van der Waals surface area (Å²) in [6.07, 6.45) is 2.97. The molecule has 0 radical (unpaired) electrons. The van der Waals surface area contributed by atoms with Crippen LogP contribution in [0.5, 0.6) is 0 Å². The van der Waals surface area contributed by atoms with Crippen LogP contribution in [0.15, 0.2) is 15.9 Å². The quantitative estimate of drug-likeness (QED) is 0.808. The molecule has 0 spiro atoms. The van der Waals surface area contributed by atoms with E-state index in [4.69, 9.17) is 4.74 Å². The number of ether oxygens (including phenoxy) is 1. The highest BCUT2D eigenvalue weighted by molar-refractivity contribution is 9.10. The summed E-state index contributed by atoms with van der Waals surface area (Å²) in [4.78, 5) is 1.44. The second kappa shape index (κ2) is 7.39. The van der Waals surface area contributed by atoms with Crippen molar-refractivity contribution < 1.29 is 4.74 Å². The highest BCUT2D eigenvalue weighted by Crippen LogP contribution is 2.36. The van der Waals surface area contributed by atoms with Crippen LogP contribution in [-0.2, 0) is 11.2 Å². The van der Waals surface area contributed by atoms with Crippen molar-refractivity contribution in [3.8, 4) is 0 Å². The average molecular weight is 360 g/mol. The molecule has 2 rings (SSSR count). The minimum Gasteiger partial charge on any atom is -0.375 e. The molecule has 0 aliphatic carbocycles. The van der Waals surface area contributed by atoms with Gasteiger partial charge in [-0.1, -0.05) is 13.8 Å². The number of rotatable bonds is 6. The van der Waals surface area contributed by atoms with Crippen LogP contribution in [-0.4, -0.2) is 24.8 Å². The Bertz CT molecular complexity index is 422. The van der Waals surface area contributed by atoms with E-state index in [2.05, 4.69) is 60.4 Å². The minimum atomic E-state index is 0.341. The number of thiophene rings is 1. The van der Waals surface area contributed by atoms with Crippen LogP contribution in [0.25, 0.3) is 0 Å². The van der Waals surface area contributed by atoms with Crippen LogP contribution in [0, 0.1) is 11.8 Å². The third-order valence-electron chi connectivity index (χ3n) is 4.54. The molecule has 5 unspecified atom stereocenters. The first-order valence-corrected chi connectivity index (χ1v) is 9.32. The molecule has 1 aromatic heterocycles. The van der Waals surface area contributed by atoms with Crippen LogP contribution >= 0.6 is 27.3 Å². The minimum absolute atomic E-state index is 0.341. The number of halogens is 1. The van der Waals surface area contributed by atoms with Crippen LogP contribution < -0.4 is 5.32 Å². The van der Waals surface area contributed by atoms with Crippen molar-refractivity contribution in [1.29, 1.82) is 0 Å². The SMILES string of the molecule is CCCNC(Cc1sccc1Br)C1C(C)OC(C)C1C. The van der Waals surface area contributed by atoms with E-state index in [1.54, 1.807) is 0 Å². The largest absolute Gasteiger partial charge is 0.375 e. The maximum absolute atomic E-state index is 6.05. The summed E-state index contributed by atoms with van der Waals surface area (Å²) in [5, 5.41) is 5.93. The van der Waals surface area contributed by atoms with Gasteiger partial charge in [-0.05, 0) is 66.5 Å². The zero-order valence-electron chi connectivity index (χ0n) is 12.9. The third kappa shape index (κ3) is 3.65. The molecule has 114 valence electrons. The fourth-order valence-corrected chi connectivity index (χ4v) is 4.91. The van der Waals surface area contributed by atoms with E-state index in [1.165, 1.54) is 15.8 Å². The Morgan fingerprint density at radius 2 is 2.10 bits per heavy atom. The van der Waals surface area contributed by atoms with Crippen LogP contribution in [0.2, 0.25) is 0 Å². The molecule has 1 fully saturated rings. The summed E-state index contributed by atoms with van der Waals surface area (Å²) in [5.41, 5.74) is 0. The average Bonchev–Trinajstić information content (AvgIpc) is 2.91. The Kier molecular flexibility index (Phi) is 6.09. The lowest BCUT2D eigenvalue weighted by molar-refractivity contribution is 0.0476. The molecule has 1 aliphatic rings. The molecule has 0 bridgehead atoms. The van der Waals surface area contributed by atoms with Gasteiger partial charge in [0.15, 0.2) is 0 Å². The molecule has 20 heavy (non-hydrogen) atoms. The lowest BCUT2D eigenvalue weighted by Crippen LogP contribution is -2.43. The molecule has 5 atom stereocenters. The van der Waals surface area contributed by atoms with E-state index in [1.807, 2.05) is 11.3 Å². The van der Waals surface area contributed by atoms with Crippen LogP contribution in [0.3, 0.4) is 0 Å². The van der Waals surface area contributed by atoms with Crippen molar-refractivity contribution in [2.45, 2.75) is 58.8 Å². The molecular weight excluding hydrogens is 334 g/mol. The molecule has 0 aromatic carbocycles. The predicted molar refractivity (Wildman–Crippen MR) is 90.5 cm³/mol. The zero-order chi connectivity index (χ0) is 14.7. The third-order valence-corrected chi connectivity index (χ3v) is 6.49. The Labute approximate surface area is 135 Å². The van der Waals surface area contributed by atoms with E-state index >= 15 is 0 Å². The summed E-state index contributed by atoms with van der Waals surface area (Å²) in [6, 6.07) is 2.65. The van der Waals surface area contributed by atoms with E-state index in [0.717, 1.165) is 13.0 Å². The lowest BCUT2D eigenvalue weighted by Gasteiger charge is -2.30. The van der Waals surface area contributed by atoms with Gasteiger partial charge in [-0.2, -0.15) is 0 Å². The summed E-state index contributed by atoms with van der Waals surface area (Å²) < 4.78 is 7.30. The molecular formula is C16H26BrNOS. The van der Waals surface area contributed by atoms with Crippen molar-refractivity contribution >= 4 is 27.3 Å². The highest BCUT2D eigenvalue weighted by atomic mass is 79.9. The molecule has 4 heteroatoms. The smallest absolute Gasteiger partial charge is 0.0597 e. The maximum atomic E-state index is 6.05. The second-order valence-corrected chi connectivity index (χ2v) is 7.79. The molecule has 2 heterocycles. The summed E-state index contributed by atoms with van der Waals surface area (Å²) in [6.45, 7) is 10.1. The van der Waals surface area contributed by atoms with Crippen LogP contribution in [0.1, 0.15) is 39.0 Å². The Morgan fingerprint density at radius 3 is 2.60 bits per heavy atom. The van der Waals surface area contributed by atoms with Gasteiger partial charge in [0.25, 0.3) is 0 Å². The van der Waals surface area contributed by atoms with Crippen molar-refractivity contribution in [1.82, 2.24) is 5.32 Å². The van der Waals surface area contributed by atoms with Crippen molar-refractivity contribution in [3.63, 3.8) is 0 Å². The van der Waals surface area contributed by atoms with Gasteiger partial charge in [0.05, 0.1) is 12.2 Å². The van der Waals surface area contributed by atoms with E-state index in [9.17, 15) is 0 Å². The second-order valence-electron chi connectivity index (χ2n) is 5.94. The normalized spacial score (nSPS) is 31.6. The van der Waals surface area contributed by atoms with E-state index < -0.39 is 0 Å². The number of hydrogen-bond donors (Lipinski definition) is 1. The summed E-state index contributed by atoms with van der Waals surface area (Å²) in [5.74, 6) is 1.20. The summed E-state index contributed by atoms with van der Waals surface area (Å²) in [7, 11) is 0. The van der Waals surface area contributed by atoms with Gasteiger partial charge in [-0.15, -0.1) is 11.3 Å². The molecule has 2 nitrogen and oxygen atoms in total. The predicted octanol–water partition coefficient (Wildman–Crippen LogP) is 4.48. The first-order chi connectivity index (χ1) is 9.54. The van der Waals surface area contributed by atoms with Gasteiger partial charge in [0, 0.05) is 21.3 Å². The van der Waals surface area contributed by atoms with E-state index in [0.29, 0.717) is 30.1 Å². The molecule has 1 aliphatic heterocycles. The van der Waals surface area contributed by atoms with Crippen LogP contribution in [0.4, 0.5) is 0 Å². The number of nitrogens with one attached hydrogen (secondary N) is 1. The van der Waals surface area contributed by atoms with Crippen molar-refractivity contribution in [2.75, 3.05) is 6.54 Å². The van der Waals surface area contributed by atoms with Gasteiger partial charge < -0.3 is 10.1 Å². The fourth-order valence-electron chi connectivity index (χ4n) is 3.33. The standard InChI is InChI=1S/C16H26BrNOS/c1-5-7-18-14(9-15-13(17)6-8-20-15)16-10(2)11(3)19-12(16)4/h6,8,10-12,14,16,18H,5,7,9H2,1-4H3.